The first kappa shape index (κ1) is 13.6. The van der Waals surface area contributed by atoms with E-state index in [4.69, 9.17) is 0 Å². The summed E-state index contributed by atoms with van der Waals surface area (Å²) in [5.41, 5.74) is 2.47. The molecule has 0 fully saturated rings. The molecule has 1 atom stereocenters. The van der Waals surface area contributed by atoms with Crippen molar-refractivity contribution in [1.29, 1.82) is 0 Å². The molecular weight excluding hydrogens is 191 g/mol. The summed E-state index contributed by atoms with van der Waals surface area (Å²) >= 11 is 0. The van der Waals surface area contributed by atoms with E-state index in [9.17, 15) is 4.79 Å². The molecule has 0 bridgehead atoms. The molecule has 0 amide bonds. The van der Waals surface area contributed by atoms with Crippen molar-refractivity contribution in [3.63, 3.8) is 0 Å². The number of rotatable bonds is 4. The second kappa shape index (κ2) is 6.14. The van der Waals surface area contributed by atoms with E-state index in [2.05, 4.69) is 27.7 Å². The molecule has 0 aliphatic rings. The highest BCUT2D eigenvalue weighted by Crippen LogP contribution is 2.37. The van der Waals surface area contributed by atoms with E-state index in [1.807, 2.05) is 13.8 Å². The summed E-state index contributed by atoms with van der Waals surface area (Å²) in [7, 11) is -0.309. The molecule has 80 valence electrons. The summed E-state index contributed by atoms with van der Waals surface area (Å²) in [5.74, 6) is 0.263. The predicted octanol–water partition coefficient (Wildman–Crippen LogP) is 3.79. The van der Waals surface area contributed by atoms with Gasteiger partial charge in [-0.15, -0.1) is 19.5 Å². The number of carbonyl (C=O) groups is 1. The van der Waals surface area contributed by atoms with Gasteiger partial charge in [0.15, 0.2) is 5.78 Å². The third-order valence-electron chi connectivity index (χ3n) is 1.84. The van der Waals surface area contributed by atoms with Gasteiger partial charge in [-0.3, -0.25) is 4.79 Å². The van der Waals surface area contributed by atoms with Gasteiger partial charge in [0.25, 0.3) is 0 Å². The number of allylic oxidation sites excluding steroid dienone is 2. The molecule has 14 heavy (non-hydrogen) atoms. The lowest BCUT2D eigenvalue weighted by Crippen LogP contribution is -2.02. The zero-order valence-electron chi connectivity index (χ0n) is 10.1. The Bertz CT molecular complexity index is 264. The molecule has 0 heterocycles. The Balaban J connectivity index is 4.58. The van der Waals surface area contributed by atoms with E-state index in [0.29, 0.717) is 6.16 Å². The van der Waals surface area contributed by atoms with Gasteiger partial charge in [-0.2, -0.15) is 0 Å². The molecule has 1 nitrogen and oxygen atoms in total. The van der Waals surface area contributed by atoms with Gasteiger partial charge < -0.3 is 0 Å². The predicted molar refractivity (Wildman–Crippen MR) is 67.2 cm³/mol. The van der Waals surface area contributed by atoms with Crippen LogP contribution in [0.5, 0.6) is 0 Å². The van der Waals surface area contributed by atoms with Crippen molar-refractivity contribution in [3.05, 3.63) is 17.3 Å². The van der Waals surface area contributed by atoms with Crippen molar-refractivity contribution >= 4 is 18.6 Å². The normalized spacial score (nSPS) is 11.2. The summed E-state index contributed by atoms with van der Waals surface area (Å²) in [5, 5.41) is 1.38. The minimum atomic E-state index is -0.309. The zero-order chi connectivity index (χ0) is 11.3. The Morgan fingerprint density at radius 2 is 1.71 bits per heavy atom. The SMILES string of the molecule is CC(C)=CC(=O)C[P+](=C(C)C)[C-](C)C. The van der Waals surface area contributed by atoms with E-state index in [-0.39, 0.29) is 13.3 Å². The standard InChI is InChI=1S/C12H21OP/c1-9(2)7-12(13)8-14(10(3)4)11(5)6/h7H,8H2,1-6H3. The van der Waals surface area contributed by atoms with Crippen molar-refractivity contribution in [2.24, 2.45) is 0 Å². The number of carbonyl (C=O) groups excluding carboxylic acids is 1. The molecule has 2 heteroatoms. The Hall–Kier alpha value is -0.420. The maximum Gasteiger partial charge on any atom is 0.197 e. The highest BCUT2D eigenvalue weighted by atomic mass is 31.1. The lowest BCUT2D eigenvalue weighted by molar-refractivity contribution is -0.112. The Morgan fingerprint density at radius 1 is 1.21 bits per heavy atom. The first-order chi connectivity index (χ1) is 6.34. The van der Waals surface area contributed by atoms with Gasteiger partial charge in [-0.1, -0.05) is 13.1 Å². The van der Waals surface area contributed by atoms with Crippen LogP contribution in [0, 0.1) is 5.66 Å². The van der Waals surface area contributed by atoms with E-state index in [1.165, 1.54) is 11.0 Å². The third kappa shape index (κ3) is 5.34. The molecule has 1 unspecified atom stereocenters. The molecular formula is C12H21OP. The van der Waals surface area contributed by atoms with Crippen molar-refractivity contribution in [1.82, 2.24) is 0 Å². The summed E-state index contributed by atoms with van der Waals surface area (Å²) in [6.07, 6.45) is 2.44. The van der Waals surface area contributed by atoms with Gasteiger partial charge in [-0.05, 0) is 33.8 Å². The van der Waals surface area contributed by atoms with Crippen LogP contribution in [0.25, 0.3) is 0 Å². The fourth-order valence-electron chi connectivity index (χ4n) is 1.29. The van der Waals surface area contributed by atoms with Crippen molar-refractivity contribution in [2.45, 2.75) is 41.5 Å². The van der Waals surface area contributed by atoms with Crippen molar-refractivity contribution in [2.75, 3.05) is 6.16 Å². The molecule has 0 aromatic carbocycles. The van der Waals surface area contributed by atoms with Crippen LogP contribution < -0.4 is 0 Å². The highest BCUT2D eigenvalue weighted by molar-refractivity contribution is 7.62. The fourth-order valence-corrected chi connectivity index (χ4v) is 3.22. The van der Waals surface area contributed by atoms with Gasteiger partial charge in [-0.25, -0.2) is 0 Å². The summed E-state index contributed by atoms with van der Waals surface area (Å²) < 4.78 is 0. The molecule has 0 aromatic rings. The Morgan fingerprint density at radius 3 is 2.00 bits per heavy atom. The molecule has 0 rings (SSSR count). The van der Waals surface area contributed by atoms with Gasteiger partial charge in [0.05, 0.1) is 5.29 Å². The minimum absolute atomic E-state index is 0.263. The molecule has 0 aliphatic heterocycles. The van der Waals surface area contributed by atoms with E-state index >= 15 is 0 Å². The summed E-state index contributed by atoms with van der Waals surface area (Å²) in [4.78, 5) is 11.6. The van der Waals surface area contributed by atoms with E-state index in [0.717, 1.165) is 5.57 Å². The third-order valence-corrected chi connectivity index (χ3v) is 4.63. The second-order valence-corrected chi connectivity index (χ2v) is 7.13. The van der Waals surface area contributed by atoms with Crippen LogP contribution in [0.2, 0.25) is 0 Å². The zero-order valence-corrected chi connectivity index (χ0v) is 11.0. The average Bonchev–Trinajstić information content (AvgIpc) is 1.97. The largest absolute Gasteiger partial charge is 0.290 e. The van der Waals surface area contributed by atoms with Crippen LogP contribution in [0.1, 0.15) is 41.5 Å². The molecule has 0 radical (unpaired) electrons. The first-order valence-corrected chi connectivity index (χ1v) is 6.43. The van der Waals surface area contributed by atoms with Crippen LogP contribution >= 0.6 is 7.55 Å². The van der Waals surface area contributed by atoms with Crippen LogP contribution in [0.4, 0.5) is 0 Å². The minimum Gasteiger partial charge on any atom is -0.290 e. The number of hydrogen-bond acceptors (Lipinski definition) is 1. The molecule has 0 saturated carbocycles. The topological polar surface area (TPSA) is 17.1 Å². The number of ketones is 1. The van der Waals surface area contributed by atoms with E-state index in [1.54, 1.807) is 6.08 Å². The lowest BCUT2D eigenvalue weighted by atomic mass is 10.3. The van der Waals surface area contributed by atoms with Gasteiger partial charge in [0.2, 0.25) is 0 Å². The molecule has 0 spiro atoms. The van der Waals surface area contributed by atoms with Gasteiger partial charge in [0.1, 0.15) is 6.16 Å². The number of hydrogen-bond donors (Lipinski definition) is 0. The van der Waals surface area contributed by atoms with Crippen LogP contribution in [0.3, 0.4) is 0 Å². The lowest BCUT2D eigenvalue weighted by Gasteiger charge is -2.11. The van der Waals surface area contributed by atoms with Crippen LogP contribution in [-0.2, 0) is 4.79 Å². The van der Waals surface area contributed by atoms with Crippen LogP contribution in [-0.4, -0.2) is 17.2 Å². The molecule has 0 aliphatic carbocycles. The fraction of sp³-hybridized carbons (Fsp3) is 0.583. The maximum absolute atomic E-state index is 11.6. The van der Waals surface area contributed by atoms with E-state index < -0.39 is 0 Å². The molecule has 0 N–H and O–H groups in total. The highest BCUT2D eigenvalue weighted by Gasteiger charge is 2.11. The monoisotopic (exact) mass is 212 g/mol. The van der Waals surface area contributed by atoms with Crippen molar-refractivity contribution < 1.29 is 4.79 Å². The Kier molecular flexibility index (Phi) is 5.95. The van der Waals surface area contributed by atoms with Crippen molar-refractivity contribution in [3.8, 4) is 0 Å². The summed E-state index contributed by atoms with van der Waals surface area (Å²) in [6.45, 7) is 12.4. The van der Waals surface area contributed by atoms with Gasteiger partial charge >= 0.3 is 0 Å². The molecule has 0 aromatic heterocycles. The van der Waals surface area contributed by atoms with Crippen LogP contribution in [0.15, 0.2) is 11.6 Å². The maximum atomic E-state index is 11.6. The summed E-state index contributed by atoms with van der Waals surface area (Å²) in [6, 6.07) is 0. The smallest absolute Gasteiger partial charge is 0.197 e. The second-order valence-electron chi connectivity index (χ2n) is 4.17. The van der Waals surface area contributed by atoms with Gasteiger partial charge in [0, 0.05) is 0 Å². The average molecular weight is 212 g/mol. The Labute approximate surface area is 89.0 Å². The quantitative estimate of drug-likeness (QED) is 0.393. The first-order valence-electron chi connectivity index (χ1n) is 4.90. The molecule has 0 saturated heterocycles.